The molecule has 0 aromatic carbocycles. The normalized spacial score (nSPS) is 13.7. The van der Waals surface area contributed by atoms with Crippen LogP contribution in [0.3, 0.4) is 0 Å². The van der Waals surface area contributed by atoms with Gasteiger partial charge in [0.05, 0.1) is 12.1 Å². The summed E-state index contributed by atoms with van der Waals surface area (Å²) in [4.78, 5) is 17.3. The van der Waals surface area contributed by atoms with Crippen LogP contribution in [-0.4, -0.2) is 6.03 Å². The van der Waals surface area contributed by atoms with Gasteiger partial charge in [0.2, 0.25) is 0 Å². The topological polar surface area (TPSA) is 41.1 Å². The van der Waals surface area contributed by atoms with E-state index >= 15 is 0 Å². The van der Waals surface area contributed by atoms with E-state index in [-0.39, 0.29) is 18.1 Å². The van der Waals surface area contributed by atoms with Crippen molar-refractivity contribution in [2.24, 2.45) is 0 Å². The first kappa shape index (κ1) is 17.0. The van der Waals surface area contributed by atoms with Crippen LogP contribution in [0.4, 0.5) is 4.79 Å². The zero-order valence-electron chi connectivity index (χ0n) is 14.0. The van der Waals surface area contributed by atoms with Gasteiger partial charge in [-0.3, -0.25) is 0 Å². The highest BCUT2D eigenvalue weighted by Gasteiger charge is 2.17. The Balaban J connectivity index is 1.98. The van der Waals surface area contributed by atoms with Crippen molar-refractivity contribution in [2.75, 3.05) is 0 Å². The molecule has 0 saturated carbocycles. The second kappa shape index (κ2) is 6.84. The van der Waals surface area contributed by atoms with Crippen molar-refractivity contribution < 1.29 is 4.79 Å². The summed E-state index contributed by atoms with van der Waals surface area (Å²) >= 11 is 3.54. The van der Waals surface area contributed by atoms with E-state index in [1.165, 1.54) is 30.6 Å². The highest BCUT2D eigenvalue weighted by molar-refractivity contribution is 7.12. The zero-order chi connectivity index (χ0) is 16.4. The van der Waals surface area contributed by atoms with E-state index in [2.05, 4.69) is 50.5 Å². The second-order valence-electron chi connectivity index (χ2n) is 5.80. The van der Waals surface area contributed by atoms with Gasteiger partial charge < -0.3 is 10.6 Å². The number of rotatable bonds is 4. The zero-order valence-corrected chi connectivity index (χ0v) is 15.7. The predicted octanol–water partition coefficient (Wildman–Crippen LogP) is 5.16. The number of nitrogens with one attached hydrogen (secondary N) is 2. The fraction of sp³-hybridized carbons (Fsp3) is 0.471. The van der Waals surface area contributed by atoms with Crippen molar-refractivity contribution in [3.05, 3.63) is 42.8 Å². The van der Waals surface area contributed by atoms with Gasteiger partial charge in [0.25, 0.3) is 0 Å². The van der Waals surface area contributed by atoms with Crippen LogP contribution in [0.5, 0.6) is 0 Å². The number of amides is 2. The summed E-state index contributed by atoms with van der Waals surface area (Å²) in [7, 11) is 0. The Kier molecular flexibility index (Phi) is 5.29. The molecule has 3 nitrogen and oxygen atoms in total. The van der Waals surface area contributed by atoms with Crippen LogP contribution in [0, 0.1) is 27.7 Å². The van der Waals surface area contributed by atoms with Crippen LogP contribution in [0.15, 0.2) is 12.1 Å². The third kappa shape index (κ3) is 3.90. The largest absolute Gasteiger partial charge is 0.332 e. The van der Waals surface area contributed by atoms with Crippen LogP contribution in [0.2, 0.25) is 0 Å². The van der Waals surface area contributed by atoms with Crippen molar-refractivity contribution in [3.8, 4) is 0 Å². The van der Waals surface area contributed by atoms with E-state index in [4.69, 9.17) is 0 Å². The molecular formula is C17H24N2OS2. The van der Waals surface area contributed by atoms with Crippen LogP contribution in [0.25, 0.3) is 0 Å². The van der Waals surface area contributed by atoms with Gasteiger partial charge in [-0.1, -0.05) is 0 Å². The Morgan fingerprint density at radius 1 is 0.864 bits per heavy atom. The van der Waals surface area contributed by atoms with Gasteiger partial charge in [-0.05, 0) is 64.8 Å². The second-order valence-corrected chi connectivity index (χ2v) is 8.72. The van der Waals surface area contributed by atoms with Crippen molar-refractivity contribution in [3.63, 3.8) is 0 Å². The summed E-state index contributed by atoms with van der Waals surface area (Å²) in [5, 5.41) is 6.07. The lowest BCUT2D eigenvalue weighted by Crippen LogP contribution is -2.38. The molecule has 0 spiro atoms. The summed E-state index contributed by atoms with van der Waals surface area (Å²) < 4.78 is 0. The summed E-state index contributed by atoms with van der Waals surface area (Å²) in [6, 6.07) is 4.22. The number of thiophene rings is 2. The summed E-state index contributed by atoms with van der Waals surface area (Å²) in [6.07, 6.45) is 0. The molecule has 2 amide bonds. The number of urea groups is 1. The van der Waals surface area contributed by atoms with E-state index in [0.29, 0.717) is 0 Å². The van der Waals surface area contributed by atoms with Crippen LogP contribution < -0.4 is 10.6 Å². The molecule has 0 radical (unpaired) electrons. The van der Waals surface area contributed by atoms with Crippen molar-refractivity contribution in [1.82, 2.24) is 10.6 Å². The molecule has 120 valence electrons. The fourth-order valence-electron chi connectivity index (χ4n) is 2.75. The van der Waals surface area contributed by atoms with Crippen molar-refractivity contribution in [1.29, 1.82) is 0 Å². The van der Waals surface area contributed by atoms with Gasteiger partial charge in [0, 0.05) is 19.5 Å². The highest BCUT2D eigenvalue weighted by Crippen LogP contribution is 2.27. The third-order valence-corrected chi connectivity index (χ3v) is 5.75. The smallest absolute Gasteiger partial charge is 0.315 e. The Morgan fingerprint density at radius 2 is 1.23 bits per heavy atom. The average Bonchev–Trinajstić information content (AvgIpc) is 2.91. The number of aryl methyl sites for hydroxylation is 4. The first-order chi connectivity index (χ1) is 10.3. The number of carbonyl (C=O) groups excluding carboxylic acids is 1. The molecule has 0 saturated heterocycles. The maximum atomic E-state index is 12.2. The molecule has 2 aromatic rings. The number of hydrogen-bond donors (Lipinski definition) is 2. The van der Waals surface area contributed by atoms with Gasteiger partial charge in [-0.15, -0.1) is 22.7 Å². The molecule has 0 aliphatic carbocycles. The molecule has 2 rings (SSSR count). The van der Waals surface area contributed by atoms with Crippen molar-refractivity contribution in [2.45, 2.75) is 53.6 Å². The minimum absolute atomic E-state index is 0.0162. The summed E-state index contributed by atoms with van der Waals surface area (Å²) in [5.74, 6) is 0. The molecule has 5 heteroatoms. The van der Waals surface area contributed by atoms with E-state index in [1.54, 1.807) is 22.7 Å². The van der Waals surface area contributed by atoms with Gasteiger partial charge in [0.15, 0.2) is 0 Å². The molecule has 0 bridgehead atoms. The maximum absolute atomic E-state index is 12.2. The molecule has 2 N–H and O–H groups in total. The first-order valence-electron chi connectivity index (χ1n) is 7.48. The lowest BCUT2D eigenvalue weighted by Gasteiger charge is -2.18. The van der Waals surface area contributed by atoms with Gasteiger partial charge in [0.1, 0.15) is 0 Å². The quantitative estimate of drug-likeness (QED) is 0.795. The molecule has 2 aromatic heterocycles. The maximum Gasteiger partial charge on any atom is 0.315 e. The molecule has 2 atom stereocenters. The Morgan fingerprint density at radius 3 is 1.50 bits per heavy atom. The predicted molar refractivity (Wildman–Crippen MR) is 96.1 cm³/mol. The first-order valence-corrected chi connectivity index (χ1v) is 9.12. The Labute approximate surface area is 140 Å². The fourth-order valence-corrected chi connectivity index (χ4v) is 4.80. The molecule has 2 heterocycles. The Bertz CT molecular complexity index is 616. The molecular weight excluding hydrogens is 312 g/mol. The summed E-state index contributed by atoms with van der Waals surface area (Å²) in [6.45, 7) is 12.4. The lowest BCUT2D eigenvalue weighted by molar-refractivity contribution is 0.235. The van der Waals surface area contributed by atoms with Crippen LogP contribution in [0.1, 0.15) is 56.6 Å². The highest BCUT2D eigenvalue weighted by atomic mass is 32.1. The van der Waals surface area contributed by atoms with Crippen LogP contribution in [-0.2, 0) is 0 Å². The van der Waals surface area contributed by atoms with E-state index in [1.807, 2.05) is 13.8 Å². The van der Waals surface area contributed by atoms with E-state index < -0.39 is 0 Å². The van der Waals surface area contributed by atoms with Gasteiger partial charge in [-0.25, -0.2) is 4.79 Å². The third-order valence-electron chi connectivity index (χ3n) is 3.79. The molecule has 0 aliphatic heterocycles. The molecule has 22 heavy (non-hydrogen) atoms. The van der Waals surface area contributed by atoms with E-state index in [0.717, 1.165) is 0 Å². The van der Waals surface area contributed by atoms with Gasteiger partial charge in [-0.2, -0.15) is 0 Å². The standard InChI is InChI=1S/C17H24N2OS2/c1-9-7-15(13(5)21-9)11(3)18-17(20)19-12(4)16-8-10(2)22-14(16)6/h7-8,11-12H,1-6H3,(H2,18,19,20)/t11-,12-/m0/s1. The molecule has 0 fully saturated rings. The van der Waals surface area contributed by atoms with E-state index in [9.17, 15) is 4.79 Å². The van der Waals surface area contributed by atoms with Crippen molar-refractivity contribution >= 4 is 28.7 Å². The minimum atomic E-state index is -0.119. The number of carbonyl (C=O) groups is 1. The summed E-state index contributed by atoms with van der Waals surface area (Å²) in [5.41, 5.74) is 2.40. The monoisotopic (exact) mass is 336 g/mol. The Hall–Kier alpha value is -1.33. The SMILES string of the molecule is Cc1cc([C@H](C)NC(=O)N[C@@H](C)c2cc(C)sc2C)c(C)s1. The molecule has 0 aliphatic rings. The average molecular weight is 337 g/mol. The van der Waals surface area contributed by atoms with Gasteiger partial charge >= 0.3 is 6.03 Å². The lowest BCUT2D eigenvalue weighted by atomic mass is 10.1. The number of hydrogen-bond acceptors (Lipinski definition) is 3. The van der Waals surface area contributed by atoms with Crippen LogP contribution >= 0.6 is 22.7 Å². The minimum Gasteiger partial charge on any atom is -0.332 e. The molecule has 0 unspecified atom stereocenters.